The van der Waals surface area contributed by atoms with Gasteiger partial charge < -0.3 is 20.4 Å². The van der Waals surface area contributed by atoms with Crippen molar-refractivity contribution in [3.63, 3.8) is 0 Å². The average molecular weight is 647 g/mol. The fourth-order valence-corrected chi connectivity index (χ4v) is 6.32. The molecule has 0 radical (unpaired) electrons. The molecule has 8 nitrogen and oxygen atoms in total. The monoisotopic (exact) mass is 646 g/mol. The van der Waals surface area contributed by atoms with Crippen LogP contribution in [0.15, 0.2) is 54.9 Å². The highest BCUT2D eigenvalue weighted by Gasteiger charge is 2.35. The second kappa shape index (κ2) is 10.9. The Morgan fingerprint density at radius 1 is 0.689 bits per heavy atom. The number of hydrogen-bond donors (Lipinski definition) is 2. The first kappa shape index (κ1) is 29.4. The van der Waals surface area contributed by atoms with Crippen LogP contribution in [0.4, 0.5) is 49.4 Å². The van der Waals surface area contributed by atoms with E-state index in [2.05, 4.69) is 40.4 Å². The Bertz CT molecular complexity index is 1760. The molecule has 0 amide bonds. The maximum absolute atomic E-state index is 12.8. The summed E-state index contributed by atoms with van der Waals surface area (Å²) in [5.41, 5.74) is 1.62. The number of pyridine rings is 4. The first-order valence-corrected chi connectivity index (χ1v) is 14.6. The van der Waals surface area contributed by atoms with Gasteiger partial charge in [-0.2, -0.15) is 26.3 Å². The number of nitrogens with one attached hydrogen (secondary N) is 2. The molecule has 45 heavy (non-hydrogen) atoms. The normalized spacial score (nSPS) is 19.6. The van der Waals surface area contributed by atoms with Gasteiger partial charge in [0, 0.05) is 61.8 Å². The number of halogens is 7. The molecule has 2 atom stereocenters. The van der Waals surface area contributed by atoms with Gasteiger partial charge in [-0.3, -0.25) is 9.97 Å². The molecule has 4 aromatic rings. The van der Waals surface area contributed by atoms with Crippen LogP contribution in [0.3, 0.4) is 0 Å². The number of aromatic nitrogens is 4. The van der Waals surface area contributed by atoms with E-state index < -0.39 is 23.7 Å². The molecule has 2 N–H and O–H groups in total. The summed E-state index contributed by atoms with van der Waals surface area (Å²) in [6, 6.07) is 11.2. The second-order valence-electron chi connectivity index (χ2n) is 11.3. The van der Waals surface area contributed by atoms with E-state index in [0.717, 1.165) is 74.5 Å². The number of hydrogen-bond acceptors (Lipinski definition) is 8. The van der Waals surface area contributed by atoms with Crippen molar-refractivity contribution >= 4 is 34.6 Å². The topological polar surface area (TPSA) is 82.1 Å². The number of anilines is 4. The molecule has 4 aromatic heterocycles. The maximum atomic E-state index is 12.8. The van der Waals surface area contributed by atoms with Crippen molar-refractivity contribution < 1.29 is 26.3 Å². The Labute approximate surface area is 258 Å². The quantitative estimate of drug-likeness (QED) is 0.226. The zero-order valence-electron chi connectivity index (χ0n) is 23.4. The van der Waals surface area contributed by atoms with Gasteiger partial charge in [0.1, 0.15) is 11.4 Å². The first-order valence-electron chi connectivity index (χ1n) is 14.2. The Balaban J connectivity index is 0.000000145. The van der Waals surface area contributed by atoms with Gasteiger partial charge in [-0.25, -0.2) is 9.97 Å². The summed E-state index contributed by atoms with van der Waals surface area (Å²) in [4.78, 5) is 20.2. The van der Waals surface area contributed by atoms with Crippen molar-refractivity contribution in [2.24, 2.45) is 0 Å². The Morgan fingerprint density at radius 3 is 1.87 bits per heavy atom. The standard InChI is InChI=1S/C15H12ClF3N4.C15H13F3N4/c16-10-6-11-14(21-9-2-4-23(11)7-9)22-13(10)8-1-3-20-12(5-8)15(17,18)19;16-15(17,18)13-7-9(3-5-19-13)11-1-2-12-14(21-11)20-10-4-6-22(12)8-10/h1,3,5-6,9H,2,4,7H2,(H,21,22);1-3,5,7,10H,4,6,8H2,(H,20,21)/t9-;10-/m00/s1. The lowest BCUT2D eigenvalue weighted by molar-refractivity contribution is -0.141. The highest BCUT2D eigenvalue weighted by molar-refractivity contribution is 6.33. The van der Waals surface area contributed by atoms with Crippen LogP contribution in [-0.4, -0.2) is 58.2 Å². The fourth-order valence-electron chi connectivity index (χ4n) is 6.06. The number of fused-ring (bicyclic) bond motifs is 8. The van der Waals surface area contributed by atoms with Gasteiger partial charge in [-0.05, 0) is 55.3 Å². The van der Waals surface area contributed by atoms with Gasteiger partial charge >= 0.3 is 12.4 Å². The van der Waals surface area contributed by atoms with Gasteiger partial charge in [0.2, 0.25) is 0 Å². The van der Waals surface area contributed by atoms with Crippen molar-refractivity contribution in [1.82, 2.24) is 19.9 Å². The maximum Gasteiger partial charge on any atom is 0.433 e. The summed E-state index contributed by atoms with van der Waals surface area (Å²) >= 11 is 6.28. The lowest BCUT2D eigenvalue weighted by Gasteiger charge is -2.28. The molecule has 0 aromatic carbocycles. The lowest BCUT2D eigenvalue weighted by atomic mass is 10.1. The van der Waals surface area contributed by atoms with Crippen molar-refractivity contribution in [2.45, 2.75) is 37.3 Å². The molecule has 4 aliphatic heterocycles. The summed E-state index contributed by atoms with van der Waals surface area (Å²) in [7, 11) is 0. The SMILES string of the molecule is FC(F)(F)c1cc(-c2ccc3c(n2)N[C@H]2CCN3C2)ccn1.FC(F)(F)c1cc(-c2nc3c(cc2Cl)N2CC[C@@H](C2)N3)ccn1. The Kier molecular flexibility index (Phi) is 7.14. The highest BCUT2D eigenvalue weighted by Crippen LogP contribution is 2.41. The largest absolute Gasteiger partial charge is 0.433 e. The van der Waals surface area contributed by atoms with Crippen LogP contribution in [0, 0.1) is 0 Å². The third-order valence-electron chi connectivity index (χ3n) is 8.24. The third kappa shape index (κ3) is 5.78. The van der Waals surface area contributed by atoms with Crippen LogP contribution in [0.5, 0.6) is 0 Å². The molecule has 0 aliphatic carbocycles. The lowest BCUT2D eigenvalue weighted by Crippen LogP contribution is -2.32. The zero-order chi connectivity index (χ0) is 31.5. The van der Waals surface area contributed by atoms with E-state index in [1.54, 1.807) is 18.2 Å². The molecule has 0 saturated carbocycles. The average Bonchev–Trinajstić information content (AvgIpc) is 3.60. The minimum absolute atomic E-state index is 0.301. The summed E-state index contributed by atoms with van der Waals surface area (Å²) in [6.45, 7) is 3.77. The van der Waals surface area contributed by atoms with Crippen LogP contribution in [0.25, 0.3) is 22.5 Å². The van der Waals surface area contributed by atoms with Gasteiger partial charge in [-0.1, -0.05) is 11.6 Å². The van der Waals surface area contributed by atoms with Crippen molar-refractivity contribution in [3.05, 3.63) is 71.3 Å². The van der Waals surface area contributed by atoms with E-state index >= 15 is 0 Å². The van der Waals surface area contributed by atoms with Crippen LogP contribution in [0.2, 0.25) is 5.02 Å². The van der Waals surface area contributed by atoms with Crippen LogP contribution in [0.1, 0.15) is 24.2 Å². The minimum Gasteiger partial charge on any atom is -0.366 e. The van der Waals surface area contributed by atoms with Crippen LogP contribution in [-0.2, 0) is 12.4 Å². The van der Waals surface area contributed by atoms with E-state index in [0.29, 0.717) is 45.4 Å². The summed E-state index contributed by atoms with van der Waals surface area (Å²) < 4.78 is 76.8. The molecule has 4 bridgehead atoms. The van der Waals surface area contributed by atoms with E-state index in [1.165, 1.54) is 12.3 Å². The molecule has 2 fully saturated rings. The molecule has 234 valence electrons. The fraction of sp³-hybridized carbons (Fsp3) is 0.333. The van der Waals surface area contributed by atoms with Crippen molar-refractivity contribution in [1.29, 1.82) is 0 Å². The molecule has 0 spiro atoms. The molecule has 2 saturated heterocycles. The van der Waals surface area contributed by atoms with E-state index in [9.17, 15) is 26.3 Å². The zero-order valence-corrected chi connectivity index (χ0v) is 24.2. The van der Waals surface area contributed by atoms with E-state index in [-0.39, 0.29) is 0 Å². The van der Waals surface area contributed by atoms with Crippen LogP contribution >= 0.6 is 11.6 Å². The number of nitrogens with zero attached hydrogens (tertiary/aromatic N) is 6. The first-order chi connectivity index (χ1) is 21.4. The van der Waals surface area contributed by atoms with Gasteiger partial charge in [-0.15, -0.1) is 0 Å². The molecule has 8 rings (SSSR count). The molecular weight excluding hydrogens is 622 g/mol. The third-order valence-corrected chi connectivity index (χ3v) is 8.53. The van der Waals surface area contributed by atoms with Crippen LogP contribution < -0.4 is 20.4 Å². The van der Waals surface area contributed by atoms with Gasteiger partial charge in [0.25, 0.3) is 0 Å². The minimum atomic E-state index is -4.50. The highest BCUT2D eigenvalue weighted by atomic mass is 35.5. The predicted octanol–water partition coefficient (Wildman–Crippen LogP) is 6.99. The van der Waals surface area contributed by atoms with Crippen molar-refractivity contribution in [3.8, 4) is 22.5 Å². The number of rotatable bonds is 2. The Morgan fingerprint density at radius 2 is 1.24 bits per heavy atom. The second-order valence-corrected chi connectivity index (χ2v) is 11.7. The number of alkyl halides is 6. The summed E-state index contributed by atoms with van der Waals surface area (Å²) in [5.74, 6) is 1.42. The van der Waals surface area contributed by atoms with E-state index in [4.69, 9.17) is 11.6 Å². The van der Waals surface area contributed by atoms with Gasteiger partial charge in [0.05, 0.1) is 27.8 Å². The van der Waals surface area contributed by atoms with E-state index in [1.807, 2.05) is 6.07 Å². The Hall–Kier alpha value is -4.33. The molecular formula is C30H25ClF6N8. The molecule has 4 aliphatic rings. The summed E-state index contributed by atoms with van der Waals surface area (Å²) in [5, 5.41) is 7.00. The van der Waals surface area contributed by atoms with Gasteiger partial charge in [0.15, 0.2) is 11.6 Å². The summed E-state index contributed by atoms with van der Waals surface area (Å²) in [6.07, 6.45) is -4.60. The smallest absolute Gasteiger partial charge is 0.366 e. The predicted molar refractivity (Wildman–Crippen MR) is 158 cm³/mol. The molecule has 15 heteroatoms. The molecule has 8 heterocycles. The molecule has 0 unspecified atom stereocenters. The van der Waals surface area contributed by atoms with Crippen molar-refractivity contribution in [2.75, 3.05) is 46.6 Å².